The van der Waals surface area contributed by atoms with Crippen LogP contribution in [-0.2, 0) is 23.9 Å². The molecule has 0 amide bonds. The molecule has 3 fully saturated rings. The predicted octanol–water partition coefficient (Wildman–Crippen LogP) is 8.13. The summed E-state index contributed by atoms with van der Waals surface area (Å²) >= 11 is 0. The first-order chi connectivity index (χ1) is 19.3. The number of fused-ring (bicyclic) bond motifs is 5. The average Bonchev–Trinajstić information content (AvgIpc) is 3.25. The van der Waals surface area contributed by atoms with Gasteiger partial charge in [0.2, 0.25) is 0 Å². The van der Waals surface area contributed by atoms with E-state index in [2.05, 4.69) is 47.6 Å². The Morgan fingerprint density at radius 3 is 2.37 bits per heavy atom. The molecule has 0 aromatic rings. The lowest BCUT2D eigenvalue weighted by molar-refractivity contribution is -0.164. The Hall–Kier alpha value is -1.85. The minimum Gasteiger partial charge on any atom is -0.481 e. The number of rotatable bonds is 12. The highest BCUT2D eigenvalue weighted by molar-refractivity contribution is 5.77. The van der Waals surface area contributed by atoms with Gasteiger partial charge in [-0.2, -0.15) is 0 Å². The molecule has 0 spiro atoms. The summed E-state index contributed by atoms with van der Waals surface area (Å²) < 4.78 is 10.8. The maximum atomic E-state index is 12.4. The maximum absolute atomic E-state index is 12.4. The Bertz CT molecular complexity index is 1000. The molecule has 0 heterocycles. The second-order valence-electron chi connectivity index (χ2n) is 15.3. The molecule has 6 nitrogen and oxygen atoms in total. The van der Waals surface area contributed by atoms with Crippen LogP contribution in [0.5, 0.6) is 0 Å². The molecular formula is C35H56O6. The lowest BCUT2D eigenvalue weighted by atomic mass is 9.41. The third kappa shape index (κ3) is 6.72. The summed E-state index contributed by atoms with van der Waals surface area (Å²) in [6.07, 6.45) is 15.7. The SMILES string of the molecule is CC(C)CCC[C@@H](C)C1CC[C@H]2[C@]3(C)CC=C4C[C@@H](OC(=O)COC(=O)CCCC(=O)O)CC[C@]4(C)[C@H]3CC[C@]12C. The second-order valence-corrected chi connectivity index (χ2v) is 15.3. The smallest absolute Gasteiger partial charge is 0.344 e. The third-order valence-corrected chi connectivity index (χ3v) is 12.2. The minimum absolute atomic E-state index is 0.00770. The Kier molecular flexibility index (Phi) is 10.0. The van der Waals surface area contributed by atoms with Crippen molar-refractivity contribution in [2.75, 3.05) is 6.61 Å². The van der Waals surface area contributed by atoms with E-state index in [1.807, 2.05) is 0 Å². The summed E-state index contributed by atoms with van der Waals surface area (Å²) in [6, 6.07) is 0. The van der Waals surface area contributed by atoms with Crippen LogP contribution in [0.25, 0.3) is 0 Å². The van der Waals surface area contributed by atoms with Gasteiger partial charge in [0.05, 0.1) is 0 Å². The van der Waals surface area contributed by atoms with Gasteiger partial charge in [-0.25, -0.2) is 4.79 Å². The number of allylic oxidation sites excluding steroid dienone is 1. The van der Waals surface area contributed by atoms with Crippen molar-refractivity contribution in [1.29, 1.82) is 0 Å². The highest BCUT2D eigenvalue weighted by atomic mass is 16.6. The maximum Gasteiger partial charge on any atom is 0.344 e. The standard InChI is InChI=1S/C35H56O6/c1-23(2)9-7-10-24(3)27-13-14-28-34(27,5)20-17-29-33(4)19-16-26(21-25(33)15-18-35(28,29)6)41-32(39)22-40-31(38)12-8-11-30(36)37/h15,23-24,26-29H,7-14,16-22H2,1-6H3,(H,36,37)/t24-,26+,27?,28-,29-,33+,34-,35+/m1/s1. The quantitative estimate of drug-likeness (QED) is 0.188. The molecule has 6 heteroatoms. The molecule has 0 radical (unpaired) electrons. The van der Waals surface area contributed by atoms with E-state index in [0.29, 0.717) is 16.7 Å². The number of aliphatic carboxylic acids is 1. The molecule has 1 unspecified atom stereocenters. The highest BCUT2D eigenvalue weighted by Gasteiger charge is 2.64. The van der Waals surface area contributed by atoms with Crippen LogP contribution in [0, 0.1) is 45.8 Å². The van der Waals surface area contributed by atoms with Gasteiger partial charge in [0.1, 0.15) is 6.10 Å². The number of hydrogen-bond acceptors (Lipinski definition) is 5. The Morgan fingerprint density at radius 2 is 1.66 bits per heavy atom. The largest absolute Gasteiger partial charge is 0.481 e. The van der Waals surface area contributed by atoms with E-state index < -0.39 is 24.5 Å². The van der Waals surface area contributed by atoms with Crippen LogP contribution in [0.15, 0.2) is 11.6 Å². The van der Waals surface area contributed by atoms with Crippen molar-refractivity contribution in [3.05, 3.63) is 11.6 Å². The molecule has 0 aliphatic heterocycles. The van der Waals surface area contributed by atoms with Crippen molar-refractivity contribution in [3.63, 3.8) is 0 Å². The van der Waals surface area contributed by atoms with Crippen LogP contribution >= 0.6 is 0 Å². The van der Waals surface area contributed by atoms with E-state index in [1.54, 1.807) is 0 Å². The van der Waals surface area contributed by atoms with Crippen molar-refractivity contribution in [2.45, 2.75) is 138 Å². The zero-order valence-electron chi connectivity index (χ0n) is 26.6. The summed E-state index contributed by atoms with van der Waals surface area (Å²) in [5.74, 6) is 1.88. The fraction of sp³-hybridized carbons (Fsp3) is 0.857. The topological polar surface area (TPSA) is 89.9 Å². The second kappa shape index (κ2) is 12.8. The fourth-order valence-electron chi connectivity index (χ4n) is 10.2. The van der Waals surface area contributed by atoms with Crippen molar-refractivity contribution >= 4 is 17.9 Å². The van der Waals surface area contributed by atoms with Gasteiger partial charge >= 0.3 is 17.9 Å². The summed E-state index contributed by atoms with van der Waals surface area (Å²) in [5.41, 5.74) is 2.40. The number of carboxylic acid groups (broad SMARTS) is 1. The molecule has 1 N–H and O–H groups in total. The van der Waals surface area contributed by atoms with E-state index >= 15 is 0 Å². The first-order valence-corrected chi connectivity index (χ1v) is 16.6. The molecule has 232 valence electrons. The van der Waals surface area contributed by atoms with E-state index in [0.717, 1.165) is 49.4 Å². The zero-order chi connectivity index (χ0) is 30.0. The van der Waals surface area contributed by atoms with Gasteiger partial charge in [0, 0.05) is 19.3 Å². The van der Waals surface area contributed by atoms with Crippen LogP contribution in [0.1, 0.15) is 131 Å². The molecule has 4 aliphatic carbocycles. The van der Waals surface area contributed by atoms with Crippen LogP contribution in [0.4, 0.5) is 0 Å². The number of hydrogen-bond donors (Lipinski definition) is 1. The number of carbonyl (C=O) groups is 3. The van der Waals surface area contributed by atoms with Crippen LogP contribution in [0.3, 0.4) is 0 Å². The normalized spacial score (nSPS) is 36.9. The van der Waals surface area contributed by atoms with Crippen molar-refractivity contribution in [2.24, 2.45) is 45.8 Å². The molecule has 41 heavy (non-hydrogen) atoms. The van der Waals surface area contributed by atoms with Crippen LogP contribution in [0.2, 0.25) is 0 Å². The Labute approximate surface area is 248 Å². The van der Waals surface area contributed by atoms with Gasteiger partial charge in [-0.1, -0.05) is 72.5 Å². The van der Waals surface area contributed by atoms with Crippen molar-refractivity contribution < 1.29 is 29.0 Å². The molecular weight excluding hydrogens is 516 g/mol. The van der Waals surface area contributed by atoms with Gasteiger partial charge in [0.15, 0.2) is 6.61 Å². The van der Waals surface area contributed by atoms with Crippen LogP contribution in [-0.4, -0.2) is 35.7 Å². The molecule has 0 aromatic heterocycles. The number of carboxylic acids is 1. The lowest BCUT2D eigenvalue weighted by Crippen LogP contribution is -2.56. The summed E-state index contributed by atoms with van der Waals surface area (Å²) in [7, 11) is 0. The van der Waals surface area contributed by atoms with Gasteiger partial charge in [-0.15, -0.1) is 0 Å². The van der Waals surface area contributed by atoms with Gasteiger partial charge in [0.25, 0.3) is 0 Å². The first kappa shape index (κ1) is 32.1. The Morgan fingerprint density at radius 1 is 0.902 bits per heavy atom. The summed E-state index contributed by atoms with van der Waals surface area (Å²) in [4.78, 5) is 34.9. The van der Waals surface area contributed by atoms with Gasteiger partial charge in [-0.3, -0.25) is 9.59 Å². The highest BCUT2D eigenvalue weighted by Crippen LogP contribution is 2.72. The monoisotopic (exact) mass is 572 g/mol. The third-order valence-electron chi connectivity index (χ3n) is 12.2. The Balaban J connectivity index is 1.35. The van der Waals surface area contributed by atoms with Gasteiger partial charge in [-0.05, 0) is 97.2 Å². The molecule has 0 saturated heterocycles. The number of carbonyl (C=O) groups excluding carboxylic acids is 2. The molecule has 8 atom stereocenters. The number of esters is 2. The summed E-state index contributed by atoms with van der Waals surface area (Å²) in [6.45, 7) is 14.6. The molecule has 4 rings (SSSR count). The molecule has 4 aliphatic rings. The van der Waals surface area contributed by atoms with E-state index in [9.17, 15) is 14.4 Å². The first-order valence-electron chi connectivity index (χ1n) is 16.6. The zero-order valence-corrected chi connectivity index (χ0v) is 26.6. The average molecular weight is 573 g/mol. The van der Waals surface area contributed by atoms with Crippen molar-refractivity contribution in [3.8, 4) is 0 Å². The van der Waals surface area contributed by atoms with Crippen molar-refractivity contribution in [1.82, 2.24) is 0 Å². The molecule has 0 aromatic carbocycles. The minimum atomic E-state index is -0.948. The van der Waals surface area contributed by atoms with Gasteiger partial charge < -0.3 is 14.6 Å². The van der Waals surface area contributed by atoms with E-state index in [1.165, 1.54) is 50.5 Å². The summed E-state index contributed by atoms with van der Waals surface area (Å²) in [5, 5.41) is 8.70. The molecule has 3 saturated carbocycles. The van der Waals surface area contributed by atoms with Crippen LogP contribution < -0.4 is 0 Å². The van der Waals surface area contributed by atoms with E-state index in [4.69, 9.17) is 14.6 Å². The lowest BCUT2D eigenvalue weighted by Gasteiger charge is -2.63. The fourth-order valence-corrected chi connectivity index (χ4v) is 10.2. The predicted molar refractivity (Wildman–Crippen MR) is 160 cm³/mol. The van der Waals surface area contributed by atoms with E-state index in [-0.39, 0.29) is 30.8 Å². The number of ether oxygens (including phenoxy) is 2. The molecule has 0 bridgehead atoms.